The number of rotatable bonds is 3. The molecule has 0 saturated carbocycles. The van der Waals surface area contributed by atoms with E-state index < -0.39 is 0 Å². The third-order valence-corrected chi connectivity index (χ3v) is 4.91. The van der Waals surface area contributed by atoms with Crippen molar-refractivity contribution in [3.05, 3.63) is 52.7 Å². The summed E-state index contributed by atoms with van der Waals surface area (Å²) in [5.41, 5.74) is 2.09. The zero-order valence-electron chi connectivity index (χ0n) is 14.7. The molecule has 1 aliphatic rings. The fourth-order valence-corrected chi connectivity index (χ4v) is 3.51. The number of hydrogen-bond donors (Lipinski definition) is 1. The minimum absolute atomic E-state index is 0.0549. The van der Waals surface area contributed by atoms with Crippen molar-refractivity contribution < 1.29 is 14.3 Å². The molecule has 1 saturated heterocycles. The molecule has 0 bridgehead atoms. The maximum Gasteiger partial charge on any atom is 0.204 e. The molecule has 4 rings (SSSR count). The fourth-order valence-electron chi connectivity index (χ4n) is 3.51. The first-order valence-electron chi connectivity index (χ1n) is 8.86. The molecular weight excluding hydrogens is 330 g/mol. The van der Waals surface area contributed by atoms with E-state index in [0.717, 1.165) is 18.7 Å². The SMILES string of the molecule is COc1c(O)ccc2c(=O)cc(-c3ccc(N4CCCCC4)cc3)oc12. The van der Waals surface area contributed by atoms with Gasteiger partial charge in [-0.15, -0.1) is 0 Å². The lowest BCUT2D eigenvalue weighted by Crippen LogP contribution is -2.29. The van der Waals surface area contributed by atoms with Crippen molar-refractivity contribution in [3.63, 3.8) is 0 Å². The minimum Gasteiger partial charge on any atom is -0.504 e. The molecule has 5 nitrogen and oxygen atoms in total. The van der Waals surface area contributed by atoms with E-state index in [1.165, 1.54) is 44.2 Å². The molecule has 0 aliphatic carbocycles. The Bertz CT molecular complexity index is 985. The highest BCUT2D eigenvalue weighted by Crippen LogP contribution is 2.35. The van der Waals surface area contributed by atoms with Crippen molar-refractivity contribution in [2.45, 2.75) is 19.3 Å². The Kier molecular flexibility index (Phi) is 4.29. The zero-order valence-corrected chi connectivity index (χ0v) is 14.7. The molecule has 5 heteroatoms. The lowest BCUT2D eigenvalue weighted by Gasteiger charge is -2.28. The number of phenolic OH excluding ortho intramolecular Hbond substituents is 1. The summed E-state index contributed by atoms with van der Waals surface area (Å²) in [5, 5.41) is 10.3. The van der Waals surface area contributed by atoms with Gasteiger partial charge in [0.1, 0.15) is 5.76 Å². The van der Waals surface area contributed by atoms with Crippen LogP contribution in [0.3, 0.4) is 0 Å². The van der Waals surface area contributed by atoms with Crippen LogP contribution in [0.25, 0.3) is 22.3 Å². The number of methoxy groups -OCH3 is 1. The summed E-state index contributed by atoms with van der Waals surface area (Å²) in [6.07, 6.45) is 3.75. The van der Waals surface area contributed by atoms with Crippen LogP contribution in [0.2, 0.25) is 0 Å². The molecular formula is C21H21NO4. The van der Waals surface area contributed by atoms with Gasteiger partial charge >= 0.3 is 0 Å². The van der Waals surface area contributed by atoms with Crippen molar-refractivity contribution in [3.8, 4) is 22.8 Å². The molecule has 1 aromatic heterocycles. The Balaban J connectivity index is 1.75. The molecule has 26 heavy (non-hydrogen) atoms. The van der Waals surface area contributed by atoms with Gasteiger partial charge in [0.25, 0.3) is 0 Å². The number of ether oxygens (including phenoxy) is 1. The fraction of sp³-hybridized carbons (Fsp3) is 0.286. The predicted octanol–water partition coefficient (Wildman–Crippen LogP) is 4.16. The molecule has 0 atom stereocenters. The third kappa shape index (κ3) is 2.90. The molecule has 0 spiro atoms. The highest BCUT2D eigenvalue weighted by Gasteiger charge is 2.15. The topological polar surface area (TPSA) is 62.9 Å². The van der Waals surface area contributed by atoms with E-state index in [4.69, 9.17) is 9.15 Å². The number of hydrogen-bond acceptors (Lipinski definition) is 5. The largest absolute Gasteiger partial charge is 0.504 e. The van der Waals surface area contributed by atoms with Crippen LogP contribution in [0.5, 0.6) is 11.5 Å². The minimum atomic E-state index is -0.167. The van der Waals surface area contributed by atoms with Crippen molar-refractivity contribution in [2.24, 2.45) is 0 Å². The summed E-state index contributed by atoms with van der Waals surface area (Å²) in [6.45, 7) is 2.17. The van der Waals surface area contributed by atoms with Crippen molar-refractivity contribution in [2.75, 3.05) is 25.1 Å². The monoisotopic (exact) mass is 351 g/mol. The van der Waals surface area contributed by atoms with Gasteiger partial charge < -0.3 is 19.2 Å². The molecule has 0 amide bonds. The van der Waals surface area contributed by atoms with Crippen LogP contribution in [0.1, 0.15) is 19.3 Å². The summed E-state index contributed by atoms with van der Waals surface area (Å²) < 4.78 is 11.1. The highest BCUT2D eigenvalue weighted by molar-refractivity contribution is 5.86. The maximum atomic E-state index is 12.5. The molecule has 2 aromatic carbocycles. The van der Waals surface area contributed by atoms with Crippen LogP contribution in [0.4, 0.5) is 5.69 Å². The van der Waals surface area contributed by atoms with Gasteiger partial charge in [0, 0.05) is 30.4 Å². The first-order valence-corrected chi connectivity index (χ1v) is 8.86. The zero-order chi connectivity index (χ0) is 18.1. The van der Waals surface area contributed by atoms with E-state index in [-0.39, 0.29) is 22.5 Å². The average molecular weight is 351 g/mol. The number of nitrogens with zero attached hydrogens (tertiary/aromatic N) is 1. The van der Waals surface area contributed by atoms with Crippen LogP contribution >= 0.6 is 0 Å². The second-order valence-electron chi connectivity index (χ2n) is 6.56. The summed E-state index contributed by atoms with van der Waals surface area (Å²) in [7, 11) is 1.44. The van der Waals surface area contributed by atoms with E-state index in [1.54, 1.807) is 6.07 Å². The van der Waals surface area contributed by atoms with Crippen LogP contribution in [0, 0.1) is 0 Å². The van der Waals surface area contributed by atoms with Gasteiger partial charge in [-0.25, -0.2) is 0 Å². The number of piperidine rings is 1. The van der Waals surface area contributed by atoms with Crippen LogP contribution in [-0.4, -0.2) is 25.3 Å². The Labute approximate surface area is 151 Å². The Morgan fingerprint density at radius 3 is 2.46 bits per heavy atom. The second kappa shape index (κ2) is 6.75. The van der Waals surface area contributed by atoms with Crippen molar-refractivity contribution in [1.29, 1.82) is 0 Å². The van der Waals surface area contributed by atoms with E-state index in [2.05, 4.69) is 17.0 Å². The average Bonchev–Trinajstić information content (AvgIpc) is 2.68. The van der Waals surface area contributed by atoms with E-state index in [0.29, 0.717) is 11.1 Å². The van der Waals surface area contributed by atoms with E-state index >= 15 is 0 Å². The molecule has 1 fully saturated rings. The maximum absolute atomic E-state index is 12.5. The van der Waals surface area contributed by atoms with Gasteiger partial charge in [0.15, 0.2) is 16.8 Å². The standard InChI is InChI=1S/C21H21NO4/c1-25-21-17(23)10-9-16-18(24)13-19(26-20(16)21)14-5-7-15(8-6-14)22-11-3-2-4-12-22/h5-10,13,23H,2-4,11-12H2,1H3. The lowest BCUT2D eigenvalue weighted by atomic mass is 10.1. The third-order valence-electron chi connectivity index (χ3n) is 4.91. The van der Waals surface area contributed by atoms with Gasteiger partial charge in [0.2, 0.25) is 5.75 Å². The van der Waals surface area contributed by atoms with Crippen molar-refractivity contribution >= 4 is 16.7 Å². The Morgan fingerprint density at radius 1 is 1.04 bits per heavy atom. The molecule has 3 aromatic rings. The number of anilines is 1. The second-order valence-corrected chi connectivity index (χ2v) is 6.56. The summed E-state index contributed by atoms with van der Waals surface area (Å²) >= 11 is 0. The van der Waals surface area contributed by atoms with Gasteiger partial charge in [-0.2, -0.15) is 0 Å². The van der Waals surface area contributed by atoms with Crippen LogP contribution in [-0.2, 0) is 0 Å². The Hall–Kier alpha value is -2.95. The lowest BCUT2D eigenvalue weighted by molar-refractivity contribution is 0.371. The first kappa shape index (κ1) is 16.5. The highest BCUT2D eigenvalue weighted by atomic mass is 16.5. The smallest absolute Gasteiger partial charge is 0.204 e. The molecule has 0 unspecified atom stereocenters. The van der Waals surface area contributed by atoms with E-state index in [9.17, 15) is 9.90 Å². The number of benzene rings is 2. The van der Waals surface area contributed by atoms with Gasteiger partial charge in [0.05, 0.1) is 12.5 Å². The quantitative estimate of drug-likeness (QED) is 0.767. The van der Waals surface area contributed by atoms with Crippen LogP contribution < -0.4 is 15.1 Å². The number of aromatic hydroxyl groups is 1. The van der Waals surface area contributed by atoms with Crippen molar-refractivity contribution in [1.82, 2.24) is 0 Å². The predicted molar refractivity (Wildman–Crippen MR) is 102 cm³/mol. The summed E-state index contributed by atoms with van der Waals surface area (Å²) in [6, 6.07) is 12.5. The normalized spacial score (nSPS) is 14.6. The number of fused-ring (bicyclic) bond motifs is 1. The summed E-state index contributed by atoms with van der Waals surface area (Å²) in [4.78, 5) is 14.8. The van der Waals surface area contributed by atoms with Gasteiger partial charge in [-0.05, 0) is 55.7 Å². The van der Waals surface area contributed by atoms with Gasteiger partial charge in [-0.1, -0.05) is 0 Å². The molecule has 0 radical (unpaired) electrons. The molecule has 2 heterocycles. The Morgan fingerprint density at radius 2 is 1.77 bits per heavy atom. The summed E-state index contributed by atoms with van der Waals surface area (Å²) in [5.74, 6) is 0.573. The van der Waals surface area contributed by atoms with E-state index in [1.807, 2.05) is 12.1 Å². The van der Waals surface area contributed by atoms with Crippen LogP contribution in [0.15, 0.2) is 51.7 Å². The molecule has 134 valence electrons. The number of phenols is 1. The molecule has 1 N–H and O–H groups in total. The molecule has 1 aliphatic heterocycles. The first-order chi connectivity index (χ1) is 12.7. The van der Waals surface area contributed by atoms with Gasteiger partial charge in [-0.3, -0.25) is 4.79 Å².